The lowest BCUT2D eigenvalue weighted by Gasteiger charge is -2.11. The number of hydrogen-bond acceptors (Lipinski definition) is 3. The van der Waals surface area contributed by atoms with Crippen LogP contribution in [-0.2, 0) is 6.61 Å². The molecule has 1 heterocycles. The van der Waals surface area contributed by atoms with E-state index in [-0.39, 0.29) is 12.4 Å². The highest BCUT2D eigenvalue weighted by atomic mass is 19.1. The second kappa shape index (κ2) is 5.50. The number of hydrogen-bond donors (Lipinski definition) is 1. The maximum Gasteiger partial charge on any atom is 0.227 e. The Bertz CT molecular complexity index is 802. The molecule has 0 aliphatic carbocycles. The summed E-state index contributed by atoms with van der Waals surface area (Å²) in [6.45, 7) is 1.48. The Hall–Kier alpha value is -2.46. The van der Waals surface area contributed by atoms with Gasteiger partial charge in [0.25, 0.3) is 0 Å². The van der Waals surface area contributed by atoms with Crippen molar-refractivity contribution in [3.8, 4) is 11.6 Å². The van der Waals surface area contributed by atoms with Gasteiger partial charge >= 0.3 is 0 Å². The smallest absolute Gasteiger partial charge is 0.227 e. The number of nitrogens with zero attached hydrogens (tertiary/aromatic N) is 1. The Labute approximate surface area is 121 Å². The van der Waals surface area contributed by atoms with E-state index in [1.54, 1.807) is 31.2 Å². The third-order valence-corrected chi connectivity index (χ3v) is 3.28. The van der Waals surface area contributed by atoms with Crippen molar-refractivity contribution in [3.05, 3.63) is 65.6 Å². The molecule has 1 aromatic heterocycles. The number of ether oxygens (including phenoxy) is 1. The van der Waals surface area contributed by atoms with Crippen LogP contribution in [-0.4, -0.2) is 10.1 Å². The molecule has 3 aromatic rings. The van der Waals surface area contributed by atoms with Crippen molar-refractivity contribution in [1.29, 1.82) is 0 Å². The maximum atomic E-state index is 14.1. The first-order chi connectivity index (χ1) is 10.2. The zero-order chi connectivity index (χ0) is 14.8. The molecular formula is C17H14FNO2. The summed E-state index contributed by atoms with van der Waals surface area (Å²) in [5, 5.41) is 11.0. The van der Waals surface area contributed by atoms with Crippen LogP contribution in [0.1, 0.15) is 11.3 Å². The monoisotopic (exact) mass is 283 g/mol. The van der Waals surface area contributed by atoms with Crippen molar-refractivity contribution >= 4 is 10.8 Å². The van der Waals surface area contributed by atoms with E-state index in [9.17, 15) is 9.50 Å². The Morgan fingerprint density at radius 1 is 1.14 bits per heavy atom. The van der Waals surface area contributed by atoms with Gasteiger partial charge in [0.15, 0.2) is 11.6 Å². The number of aryl methyl sites for hydroxylation is 1. The number of aliphatic hydroxyl groups is 1. The predicted molar refractivity (Wildman–Crippen MR) is 78.9 cm³/mol. The molecule has 3 nitrogen and oxygen atoms in total. The quantitative estimate of drug-likeness (QED) is 0.791. The number of rotatable bonds is 3. The van der Waals surface area contributed by atoms with Crippen LogP contribution in [0.5, 0.6) is 11.6 Å². The Balaban J connectivity index is 2.13. The van der Waals surface area contributed by atoms with Gasteiger partial charge in [-0.25, -0.2) is 9.37 Å². The predicted octanol–water partition coefficient (Wildman–Crippen LogP) is 3.97. The minimum Gasteiger partial charge on any atom is -0.435 e. The standard InChI is InChI=1S/C17H14FNO2/c1-11-5-4-8-15(16(11)18)21-17-14-7-3-2-6-12(14)9-13(10-20)19-17/h2-9,20H,10H2,1H3. The van der Waals surface area contributed by atoms with Gasteiger partial charge in [0.1, 0.15) is 0 Å². The molecule has 0 aliphatic rings. The molecule has 0 unspecified atom stereocenters. The number of benzene rings is 2. The van der Waals surface area contributed by atoms with Crippen LogP contribution in [0.25, 0.3) is 10.8 Å². The lowest BCUT2D eigenvalue weighted by Crippen LogP contribution is -1.97. The first-order valence-corrected chi connectivity index (χ1v) is 6.61. The fourth-order valence-electron chi connectivity index (χ4n) is 2.18. The highest BCUT2D eigenvalue weighted by molar-refractivity contribution is 5.87. The molecular weight excluding hydrogens is 269 g/mol. The van der Waals surface area contributed by atoms with Gasteiger partial charge in [0, 0.05) is 5.39 Å². The van der Waals surface area contributed by atoms with E-state index in [4.69, 9.17) is 4.74 Å². The van der Waals surface area contributed by atoms with E-state index in [1.165, 1.54) is 0 Å². The lowest BCUT2D eigenvalue weighted by molar-refractivity contribution is 0.275. The molecule has 2 aromatic carbocycles. The molecule has 0 saturated heterocycles. The highest BCUT2D eigenvalue weighted by Crippen LogP contribution is 2.31. The fourth-order valence-corrected chi connectivity index (χ4v) is 2.18. The van der Waals surface area contributed by atoms with Crippen molar-refractivity contribution in [2.24, 2.45) is 0 Å². The molecule has 0 bridgehead atoms. The molecule has 3 rings (SSSR count). The number of aliphatic hydroxyl groups excluding tert-OH is 1. The van der Waals surface area contributed by atoms with Gasteiger partial charge in [-0.3, -0.25) is 0 Å². The first-order valence-electron chi connectivity index (χ1n) is 6.61. The van der Waals surface area contributed by atoms with E-state index in [0.717, 1.165) is 10.8 Å². The zero-order valence-corrected chi connectivity index (χ0v) is 11.5. The van der Waals surface area contributed by atoms with E-state index in [2.05, 4.69) is 4.98 Å². The number of halogens is 1. The summed E-state index contributed by atoms with van der Waals surface area (Å²) in [5.74, 6) is 0.0159. The zero-order valence-electron chi connectivity index (χ0n) is 11.5. The van der Waals surface area contributed by atoms with Crippen LogP contribution in [0.3, 0.4) is 0 Å². The molecule has 0 saturated carbocycles. The topological polar surface area (TPSA) is 42.4 Å². The normalized spacial score (nSPS) is 10.8. The number of aromatic nitrogens is 1. The Morgan fingerprint density at radius 3 is 2.76 bits per heavy atom. The maximum absolute atomic E-state index is 14.1. The van der Waals surface area contributed by atoms with Crippen molar-refractivity contribution < 1.29 is 14.2 Å². The Morgan fingerprint density at radius 2 is 1.95 bits per heavy atom. The molecule has 0 radical (unpaired) electrons. The van der Waals surface area contributed by atoms with Crippen LogP contribution in [0.2, 0.25) is 0 Å². The third kappa shape index (κ3) is 2.58. The summed E-state index contributed by atoms with van der Waals surface area (Å²) in [7, 11) is 0. The summed E-state index contributed by atoms with van der Waals surface area (Å²) in [6.07, 6.45) is 0. The van der Waals surface area contributed by atoms with Crippen LogP contribution in [0.15, 0.2) is 48.5 Å². The third-order valence-electron chi connectivity index (χ3n) is 3.28. The summed E-state index contributed by atoms with van der Waals surface area (Å²) >= 11 is 0. The molecule has 0 atom stereocenters. The van der Waals surface area contributed by atoms with E-state index < -0.39 is 5.82 Å². The average molecular weight is 283 g/mol. The van der Waals surface area contributed by atoms with E-state index in [0.29, 0.717) is 17.1 Å². The largest absolute Gasteiger partial charge is 0.435 e. The summed E-state index contributed by atoms with van der Waals surface area (Å²) in [6, 6.07) is 14.3. The van der Waals surface area contributed by atoms with E-state index in [1.807, 2.05) is 24.3 Å². The molecule has 0 spiro atoms. The van der Waals surface area contributed by atoms with Gasteiger partial charge in [0.05, 0.1) is 12.3 Å². The van der Waals surface area contributed by atoms with Crippen molar-refractivity contribution in [3.63, 3.8) is 0 Å². The Kier molecular flexibility index (Phi) is 3.54. The highest BCUT2D eigenvalue weighted by Gasteiger charge is 2.11. The van der Waals surface area contributed by atoms with Gasteiger partial charge < -0.3 is 9.84 Å². The molecule has 21 heavy (non-hydrogen) atoms. The second-order valence-electron chi connectivity index (χ2n) is 4.79. The first kappa shape index (κ1) is 13.5. The van der Waals surface area contributed by atoms with Crippen LogP contribution in [0, 0.1) is 12.7 Å². The molecule has 106 valence electrons. The van der Waals surface area contributed by atoms with Gasteiger partial charge in [0.2, 0.25) is 5.88 Å². The summed E-state index contributed by atoms with van der Waals surface area (Å²) in [5.41, 5.74) is 0.992. The van der Waals surface area contributed by atoms with Crippen LogP contribution in [0.4, 0.5) is 4.39 Å². The lowest BCUT2D eigenvalue weighted by atomic mass is 10.1. The van der Waals surface area contributed by atoms with E-state index >= 15 is 0 Å². The van der Waals surface area contributed by atoms with Gasteiger partial charge in [-0.2, -0.15) is 0 Å². The minimum atomic E-state index is -0.405. The molecule has 0 amide bonds. The summed E-state index contributed by atoms with van der Waals surface area (Å²) in [4.78, 5) is 4.25. The molecule has 4 heteroatoms. The van der Waals surface area contributed by atoms with Crippen LogP contribution >= 0.6 is 0 Å². The molecule has 0 fully saturated rings. The van der Waals surface area contributed by atoms with Gasteiger partial charge in [-0.1, -0.05) is 30.3 Å². The van der Waals surface area contributed by atoms with Crippen molar-refractivity contribution in [1.82, 2.24) is 4.98 Å². The minimum absolute atomic E-state index is 0.128. The van der Waals surface area contributed by atoms with Crippen molar-refractivity contribution in [2.45, 2.75) is 13.5 Å². The van der Waals surface area contributed by atoms with Crippen LogP contribution < -0.4 is 4.74 Å². The number of pyridine rings is 1. The fraction of sp³-hybridized carbons (Fsp3) is 0.118. The average Bonchev–Trinajstić information content (AvgIpc) is 2.51. The van der Waals surface area contributed by atoms with Crippen molar-refractivity contribution in [2.75, 3.05) is 0 Å². The number of fused-ring (bicyclic) bond motifs is 1. The second-order valence-corrected chi connectivity index (χ2v) is 4.79. The van der Waals surface area contributed by atoms with Gasteiger partial charge in [-0.15, -0.1) is 0 Å². The summed E-state index contributed by atoms with van der Waals surface area (Å²) < 4.78 is 19.7. The SMILES string of the molecule is Cc1cccc(Oc2nc(CO)cc3ccccc23)c1F. The molecule has 1 N–H and O–H groups in total. The van der Waals surface area contributed by atoms with Gasteiger partial charge in [-0.05, 0) is 36.1 Å². The molecule has 0 aliphatic heterocycles.